The molecule has 0 aliphatic heterocycles. The lowest BCUT2D eigenvalue weighted by Crippen LogP contribution is -2.16. The summed E-state index contributed by atoms with van der Waals surface area (Å²) in [5.74, 6) is 0.923. The average Bonchev–Trinajstić information content (AvgIpc) is 2.84. The van der Waals surface area contributed by atoms with E-state index < -0.39 is 0 Å². The van der Waals surface area contributed by atoms with Gasteiger partial charge in [-0.05, 0) is 35.0 Å². The maximum atomic E-state index is 6.16. The van der Waals surface area contributed by atoms with Crippen molar-refractivity contribution in [1.82, 2.24) is 9.55 Å². The summed E-state index contributed by atoms with van der Waals surface area (Å²) in [4.78, 5) is 5.43. The van der Waals surface area contributed by atoms with Gasteiger partial charge < -0.3 is 10.3 Å². The van der Waals surface area contributed by atoms with Gasteiger partial charge in [-0.25, -0.2) is 4.98 Å². The van der Waals surface area contributed by atoms with Crippen molar-refractivity contribution in [3.8, 4) is 0 Å². The molecule has 0 fully saturated rings. The van der Waals surface area contributed by atoms with Crippen LogP contribution < -0.4 is 5.73 Å². The number of nitrogens with zero attached hydrogens (tertiary/aromatic N) is 2. The standard InChI is InChI=1S/C10H12BrN3S/c1-2-14-6-5-13-10(14)9(12)7-3-4-8(11)15-7/h3-6,9H,2,12H2,1H3. The van der Waals surface area contributed by atoms with Crippen molar-refractivity contribution >= 4 is 27.3 Å². The van der Waals surface area contributed by atoms with Crippen molar-refractivity contribution in [3.63, 3.8) is 0 Å². The van der Waals surface area contributed by atoms with Crippen LogP contribution in [0.25, 0.3) is 0 Å². The van der Waals surface area contributed by atoms with E-state index >= 15 is 0 Å². The molecule has 0 aliphatic carbocycles. The minimum absolute atomic E-state index is 0.128. The summed E-state index contributed by atoms with van der Waals surface area (Å²) in [6.45, 7) is 2.98. The molecule has 2 aromatic rings. The van der Waals surface area contributed by atoms with Gasteiger partial charge in [0.2, 0.25) is 0 Å². The van der Waals surface area contributed by atoms with Crippen molar-refractivity contribution < 1.29 is 0 Å². The van der Waals surface area contributed by atoms with Gasteiger partial charge in [-0.15, -0.1) is 11.3 Å². The second-order valence-electron chi connectivity index (χ2n) is 3.19. The fourth-order valence-corrected chi connectivity index (χ4v) is 2.91. The number of thiophene rings is 1. The summed E-state index contributed by atoms with van der Waals surface area (Å²) in [5, 5.41) is 0. The van der Waals surface area contributed by atoms with Crippen LogP contribution in [0, 0.1) is 0 Å². The first-order valence-electron chi connectivity index (χ1n) is 4.74. The molecule has 0 saturated heterocycles. The van der Waals surface area contributed by atoms with E-state index in [4.69, 9.17) is 5.73 Å². The maximum absolute atomic E-state index is 6.16. The van der Waals surface area contributed by atoms with Gasteiger partial charge in [-0.2, -0.15) is 0 Å². The van der Waals surface area contributed by atoms with Gasteiger partial charge in [0, 0.05) is 23.8 Å². The Morgan fingerprint density at radius 3 is 3.00 bits per heavy atom. The molecule has 2 heterocycles. The number of hydrogen-bond donors (Lipinski definition) is 1. The molecule has 0 radical (unpaired) electrons. The SMILES string of the molecule is CCn1ccnc1C(N)c1ccc(Br)s1. The van der Waals surface area contributed by atoms with Gasteiger partial charge >= 0.3 is 0 Å². The molecule has 3 nitrogen and oxygen atoms in total. The molecule has 1 unspecified atom stereocenters. The summed E-state index contributed by atoms with van der Waals surface area (Å²) in [6.07, 6.45) is 3.75. The van der Waals surface area contributed by atoms with Crippen LogP contribution in [-0.2, 0) is 6.54 Å². The minimum Gasteiger partial charge on any atom is -0.334 e. The highest BCUT2D eigenvalue weighted by Crippen LogP contribution is 2.28. The van der Waals surface area contributed by atoms with E-state index in [1.165, 1.54) is 0 Å². The predicted octanol–water partition coefficient (Wildman–Crippen LogP) is 2.78. The Hall–Kier alpha value is -0.650. The van der Waals surface area contributed by atoms with Gasteiger partial charge in [0.15, 0.2) is 0 Å². The van der Waals surface area contributed by atoms with E-state index in [2.05, 4.69) is 32.4 Å². The van der Waals surface area contributed by atoms with Gasteiger partial charge in [-0.1, -0.05) is 0 Å². The molecule has 0 bridgehead atoms. The number of imidazole rings is 1. The Morgan fingerprint density at radius 1 is 1.60 bits per heavy atom. The van der Waals surface area contributed by atoms with Crippen LogP contribution in [0.3, 0.4) is 0 Å². The minimum atomic E-state index is -0.128. The second-order valence-corrected chi connectivity index (χ2v) is 5.69. The molecule has 0 spiro atoms. The summed E-state index contributed by atoms with van der Waals surface area (Å²) >= 11 is 5.09. The fourth-order valence-electron chi connectivity index (χ4n) is 1.49. The normalized spacial score (nSPS) is 13.0. The lowest BCUT2D eigenvalue weighted by Gasteiger charge is -2.10. The van der Waals surface area contributed by atoms with Crippen molar-refractivity contribution in [2.24, 2.45) is 5.73 Å². The first-order valence-corrected chi connectivity index (χ1v) is 6.35. The van der Waals surface area contributed by atoms with Crippen LogP contribution in [0.2, 0.25) is 0 Å². The number of hydrogen-bond acceptors (Lipinski definition) is 3. The fraction of sp³-hybridized carbons (Fsp3) is 0.300. The molecule has 0 saturated carbocycles. The predicted molar refractivity (Wildman–Crippen MR) is 66.0 cm³/mol. The first kappa shape index (κ1) is 10.9. The molecule has 2 N–H and O–H groups in total. The number of aromatic nitrogens is 2. The van der Waals surface area contributed by atoms with Gasteiger partial charge in [-0.3, -0.25) is 0 Å². The third-order valence-electron chi connectivity index (χ3n) is 2.27. The molecule has 0 amide bonds. The summed E-state index contributed by atoms with van der Waals surface area (Å²) in [7, 11) is 0. The van der Waals surface area contributed by atoms with Crippen molar-refractivity contribution in [2.75, 3.05) is 0 Å². The molecule has 80 valence electrons. The Kier molecular flexibility index (Phi) is 3.23. The Labute approximate surface area is 101 Å². The highest BCUT2D eigenvalue weighted by atomic mass is 79.9. The molecule has 1 atom stereocenters. The Bertz CT molecular complexity index is 449. The highest BCUT2D eigenvalue weighted by molar-refractivity contribution is 9.11. The summed E-state index contributed by atoms with van der Waals surface area (Å²) in [5.41, 5.74) is 6.16. The van der Waals surface area contributed by atoms with Crippen LogP contribution in [-0.4, -0.2) is 9.55 Å². The van der Waals surface area contributed by atoms with Crippen LogP contribution >= 0.6 is 27.3 Å². The second kappa shape index (κ2) is 4.47. The highest BCUT2D eigenvalue weighted by Gasteiger charge is 2.15. The van der Waals surface area contributed by atoms with Gasteiger partial charge in [0.05, 0.1) is 9.83 Å². The van der Waals surface area contributed by atoms with Crippen LogP contribution in [0.5, 0.6) is 0 Å². The van der Waals surface area contributed by atoms with Gasteiger partial charge in [0.1, 0.15) is 5.82 Å². The molecule has 15 heavy (non-hydrogen) atoms. The largest absolute Gasteiger partial charge is 0.334 e. The number of nitrogens with two attached hydrogens (primary N) is 1. The van der Waals surface area contributed by atoms with Crippen molar-refractivity contribution in [2.45, 2.75) is 19.5 Å². The summed E-state index contributed by atoms with van der Waals surface area (Å²) in [6, 6.07) is 3.92. The lowest BCUT2D eigenvalue weighted by atomic mass is 10.2. The van der Waals surface area contributed by atoms with E-state index in [9.17, 15) is 0 Å². The topological polar surface area (TPSA) is 43.8 Å². The quantitative estimate of drug-likeness (QED) is 0.943. The van der Waals surface area contributed by atoms with Crippen LogP contribution in [0.15, 0.2) is 28.3 Å². The average molecular weight is 286 g/mol. The monoisotopic (exact) mass is 285 g/mol. The zero-order valence-electron chi connectivity index (χ0n) is 8.35. The molecule has 2 rings (SSSR count). The number of halogens is 1. The zero-order chi connectivity index (χ0) is 10.8. The van der Waals surface area contributed by atoms with E-state index in [-0.39, 0.29) is 6.04 Å². The molecular formula is C10H12BrN3S. The Morgan fingerprint density at radius 2 is 2.40 bits per heavy atom. The molecule has 2 aromatic heterocycles. The van der Waals surface area contributed by atoms with Crippen LogP contribution in [0.1, 0.15) is 23.7 Å². The third-order valence-corrected chi connectivity index (χ3v) is 3.97. The number of rotatable bonds is 3. The van der Waals surface area contributed by atoms with Gasteiger partial charge in [0.25, 0.3) is 0 Å². The smallest absolute Gasteiger partial charge is 0.131 e. The van der Waals surface area contributed by atoms with Crippen LogP contribution in [0.4, 0.5) is 0 Å². The zero-order valence-corrected chi connectivity index (χ0v) is 10.8. The van der Waals surface area contributed by atoms with E-state index in [0.717, 1.165) is 21.0 Å². The molecule has 0 aromatic carbocycles. The first-order chi connectivity index (χ1) is 7.22. The molecule has 0 aliphatic rings. The number of aryl methyl sites for hydroxylation is 1. The van der Waals surface area contributed by atoms with E-state index in [0.29, 0.717) is 0 Å². The third kappa shape index (κ3) is 2.14. The van der Waals surface area contributed by atoms with Crippen molar-refractivity contribution in [3.05, 3.63) is 39.0 Å². The molecular weight excluding hydrogens is 274 g/mol. The van der Waals surface area contributed by atoms with E-state index in [1.54, 1.807) is 17.5 Å². The lowest BCUT2D eigenvalue weighted by molar-refractivity contribution is 0.661. The maximum Gasteiger partial charge on any atom is 0.131 e. The Balaban J connectivity index is 2.31. The van der Waals surface area contributed by atoms with Crippen molar-refractivity contribution in [1.29, 1.82) is 0 Å². The van der Waals surface area contributed by atoms with E-state index in [1.807, 2.05) is 18.3 Å². The summed E-state index contributed by atoms with van der Waals surface area (Å²) < 4.78 is 3.17. The molecule has 5 heteroatoms.